The molecule has 0 fully saturated rings. The van der Waals surface area contributed by atoms with E-state index in [-0.39, 0.29) is 18.1 Å². The van der Waals surface area contributed by atoms with Crippen molar-refractivity contribution in [1.29, 1.82) is 0 Å². The third kappa shape index (κ3) is 3.14. The molecule has 2 aromatic rings. The number of benzene rings is 2. The lowest BCUT2D eigenvalue weighted by molar-refractivity contribution is 0.0639. The molecule has 1 aliphatic heterocycles. The van der Waals surface area contributed by atoms with E-state index in [1.165, 1.54) is 0 Å². The van der Waals surface area contributed by atoms with Crippen LogP contribution in [0.2, 0.25) is 0 Å². The Kier molecular flexibility index (Phi) is 4.47. The summed E-state index contributed by atoms with van der Waals surface area (Å²) >= 11 is 0. The predicted molar refractivity (Wildman–Crippen MR) is 95.3 cm³/mol. The van der Waals surface area contributed by atoms with Gasteiger partial charge in [-0.1, -0.05) is 55.5 Å². The van der Waals surface area contributed by atoms with Crippen molar-refractivity contribution in [3.63, 3.8) is 0 Å². The molecule has 2 aromatic carbocycles. The van der Waals surface area contributed by atoms with Crippen LogP contribution in [0.4, 0.5) is 5.69 Å². The molecule has 0 aliphatic carbocycles. The quantitative estimate of drug-likeness (QED) is 0.908. The molecule has 1 heterocycles. The summed E-state index contributed by atoms with van der Waals surface area (Å²) in [5, 5.41) is 3.48. The Balaban J connectivity index is 1.93. The predicted octanol–water partition coefficient (Wildman–Crippen LogP) is 4.39. The summed E-state index contributed by atoms with van der Waals surface area (Å²) in [4.78, 5) is 14.8. The second-order valence-corrected chi connectivity index (χ2v) is 5.87. The van der Waals surface area contributed by atoms with Gasteiger partial charge >= 0.3 is 0 Å². The molecule has 0 radical (unpaired) electrons. The fourth-order valence-corrected chi connectivity index (χ4v) is 2.87. The van der Waals surface area contributed by atoms with Crippen LogP contribution in [0.3, 0.4) is 0 Å². The van der Waals surface area contributed by atoms with Gasteiger partial charge in [-0.2, -0.15) is 0 Å². The highest BCUT2D eigenvalue weighted by Gasteiger charge is 2.32. The number of carbonyl (C=O) groups excluding carboxylic acids is 1. The standard InChI is InChI=1S/C20H22N2O/c1-3-15(2)22-19(14-13-16-9-5-4-6-10-16)21-18-12-8-7-11-17(18)20(22)23/h4-15,19,21H,3H2,1-2H3/b14-13+/t15-,19-/m1/s1. The molecule has 0 unspecified atom stereocenters. The number of para-hydroxylation sites is 1. The molecule has 0 saturated carbocycles. The number of hydrogen-bond donors (Lipinski definition) is 1. The number of amides is 1. The largest absolute Gasteiger partial charge is 0.361 e. The summed E-state index contributed by atoms with van der Waals surface area (Å²) in [6, 6.07) is 18.0. The lowest BCUT2D eigenvalue weighted by atomic mass is 10.0. The van der Waals surface area contributed by atoms with Crippen molar-refractivity contribution in [2.75, 3.05) is 5.32 Å². The average Bonchev–Trinajstić information content (AvgIpc) is 2.60. The lowest BCUT2D eigenvalue weighted by Gasteiger charge is -2.40. The van der Waals surface area contributed by atoms with E-state index >= 15 is 0 Å². The highest BCUT2D eigenvalue weighted by molar-refractivity contribution is 6.02. The van der Waals surface area contributed by atoms with Crippen LogP contribution < -0.4 is 5.32 Å². The van der Waals surface area contributed by atoms with Crippen molar-refractivity contribution in [2.24, 2.45) is 0 Å². The molecular formula is C20H22N2O. The van der Waals surface area contributed by atoms with E-state index < -0.39 is 0 Å². The number of hydrogen-bond acceptors (Lipinski definition) is 2. The minimum Gasteiger partial charge on any atom is -0.361 e. The van der Waals surface area contributed by atoms with Gasteiger partial charge in [0, 0.05) is 11.7 Å². The van der Waals surface area contributed by atoms with Crippen LogP contribution in [0.25, 0.3) is 6.08 Å². The summed E-state index contributed by atoms with van der Waals surface area (Å²) in [7, 11) is 0. The zero-order chi connectivity index (χ0) is 16.2. The molecule has 118 valence electrons. The molecule has 23 heavy (non-hydrogen) atoms. The monoisotopic (exact) mass is 306 g/mol. The Labute approximate surface area is 137 Å². The van der Waals surface area contributed by atoms with Gasteiger partial charge in [0.15, 0.2) is 0 Å². The van der Waals surface area contributed by atoms with E-state index in [1.54, 1.807) is 0 Å². The Morgan fingerprint density at radius 2 is 1.83 bits per heavy atom. The summed E-state index contributed by atoms with van der Waals surface area (Å²) in [6.07, 6.45) is 4.92. The highest BCUT2D eigenvalue weighted by Crippen LogP contribution is 2.28. The van der Waals surface area contributed by atoms with Crippen molar-refractivity contribution in [1.82, 2.24) is 4.90 Å². The Bertz CT molecular complexity index is 709. The van der Waals surface area contributed by atoms with Crippen LogP contribution in [0.15, 0.2) is 60.7 Å². The number of anilines is 1. The van der Waals surface area contributed by atoms with Gasteiger partial charge in [-0.3, -0.25) is 4.79 Å². The third-order valence-corrected chi connectivity index (χ3v) is 4.33. The van der Waals surface area contributed by atoms with Gasteiger partial charge in [0.25, 0.3) is 5.91 Å². The van der Waals surface area contributed by atoms with Gasteiger partial charge in [-0.25, -0.2) is 0 Å². The van der Waals surface area contributed by atoms with Crippen LogP contribution >= 0.6 is 0 Å². The van der Waals surface area contributed by atoms with Gasteiger partial charge < -0.3 is 10.2 Å². The van der Waals surface area contributed by atoms with E-state index in [9.17, 15) is 4.79 Å². The molecule has 1 aliphatic rings. The fraction of sp³-hybridized carbons (Fsp3) is 0.250. The van der Waals surface area contributed by atoms with Crippen LogP contribution in [0.5, 0.6) is 0 Å². The lowest BCUT2D eigenvalue weighted by Crippen LogP contribution is -2.51. The number of nitrogens with one attached hydrogen (secondary N) is 1. The van der Waals surface area contributed by atoms with Crippen LogP contribution in [-0.2, 0) is 0 Å². The molecular weight excluding hydrogens is 284 g/mol. The molecule has 0 bridgehead atoms. The van der Waals surface area contributed by atoms with Crippen LogP contribution in [-0.4, -0.2) is 23.0 Å². The SMILES string of the molecule is CC[C@@H](C)N1C(=O)c2ccccc2N[C@H]1/C=C/c1ccccc1. The van der Waals surface area contributed by atoms with Crippen LogP contribution in [0, 0.1) is 0 Å². The topological polar surface area (TPSA) is 32.3 Å². The fourth-order valence-electron chi connectivity index (χ4n) is 2.87. The molecule has 2 atom stereocenters. The third-order valence-electron chi connectivity index (χ3n) is 4.33. The molecule has 0 spiro atoms. The Morgan fingerprint density at radius 1 is 1.13 bits per heavy atom. The zero-order valence-corrected chi connectivity index (χ0v) is 13.6. The number of rotatable bonds is 4. The Hall–Kier alpha value is -2.55. The van der Waals surface area contributed by atoms with Gasteiger partial charge in [0.1, 0.15) is 6.17 Å². The van der Waals surface area contributed by atoms with E-state index in [1.807, 2.05) is 47.4 Å². The zero-order valence-electron chi connectivity index (χ0n) is 13.6. The van der Waals surface area contributed by atoms with E-state index in [4.69, 9.17) is 0 Å². The first-order valence-electron chi connectivity index (χ1n) is 8.12. The van der Waals surface area contributed by atoms with Crippen molar-refractivity contribution in [3.05, 3.63) is 71.8 Å². The number of carbonyl (C=O) groups is 1. The van der Waals surface area contributed by atoms with E-state index in [0.717, 1.165) is 23.2 Å². The molecule has 3 rings (SSSR count). The first kappa shape index (κ1) is 15.3. The van der Waals surface area contributed by atoms with Gasteiger partial charge in [-0.05, 0) is 37.1 Å². The van der Waals surface area contributed by atoms with Crippen molar-refractivity contribution >= 4 is 17.7 Å². The summed E-state index contributed by atoms with van der Waals surface area (Å²) < 4.78 is 0. The van der Waals surface area contributed by atoms with E-state index in [0.29, 0.717) is 0 Å². The molecule has 0 aromatic heterocycles. The molecule has 3 heteroatoms. The number of nitrogens with zero attached hydrogens (tertiary/aromatic N) is 1. The Morgan fingerprint density at radius 3 is 2.57 bits per heavy atom. The normalized spacial score (nSPS) is 18.6. The summed E-state index contributed by atoms with van der Waals surface area (Å²) in [5.41, 5.74) is 2.78. The van der Waals surface area contributed by atoms with Crippen molar-refractivity contribution in [2.45, 2.75) is 32.5 Å². The second kappa shape index (κ2) is 6.69. The first-order chi connectivity index (χ1) is 11.2. The maximum Gasteiger partial charge on any atom is 0.258 e. The maximum absolute atomic E-state index is 12.9. The first-order valence-corrected chi connectivity index (χ1v) is 8.12. The highest BCUT2D eigenvalue weighted by atomic mass is 16.2. The average molecular weight is 306 g/mol. The minimum absolute atomic E-state index is 0.0939. The molecule has 1 N–H and O–H groups in total. The molecule has 1 amide bonds. The van der Waals surface area contributed by atoms with Crippen molar-refractivity contribution in [3.8, 4) is 0 Å². The molecule has 0 saturated heterocycles. The summed E-state index contributed by atoms with van der Waals surface area (Å²) in [6.45, 7) is 4.20. The summed E-state index contributed by atoms with van der Waals surface area (Å²) in [5.74, 6) is 0.0939. The van der Waals surface area contributed by atoms with Gasteiger partial charge in [-0.15, -0.1) is 0 Å². The second-order valence-electron chi connectivity index (χ2n) is 5.87. The van der Waals surface area contributed by atoms with Gasteiger partial charge in [0.2, 0.25) is 0 Å². The van der Waals surface area contributed by atoms with Crippen molar-refractivity contribution < 1.29 is 4.79 Å². The van der Waals surface area contributed by atoms with E-state index in [2.05, 4.69) is 43.4 Å². The number of fused-ring (bicyclic) bond motifs is 1. The smallest absolute Gasteiger partial charge is 0.258 e. The van der Waals surface area contributed by atoms with Gasteiger partial charge in [0.05, 0.1) is 5.56 Å². The van der Waals surface area contributed by atoms with Crippen LogP contribution in [0.1, 0.15) is 36.2 Å². The maximum atomic E-state index is 12.9. The minimum atomic E-state index is -0.132. The molecule has 3 nitrogen and oxygen atoms in total.